The van der Waals surface area contributed by atoms with Gasteiger partial charge in [0.05, 0.1) is 17.0 Å². The number of benzene rings is 1. The molecule has 136 valence electrons. The Morgan fingerprint density at radius 1 is 1.38 bits per heavy atom. The zero-order valence-corrected chi connectivity index (χ0v) is 15.3. The van der Waals surface area contributed by atoms with Crippen LogP contribution in [0, 0.1) is 5.41 Å². The third-order valence-electron chi connectivity index (χ3n) is 4.06. The van der Waals surface area contributed by atoms with Gasteiger partial charge in [0.25, 0.3) is 0 Å². The lowest BCUT2D eigenvalue weighted by Crippen LogP contribution is -2.46. The Balaban J connectivity index is 0.00000288. The second kappa shape index (κ2) is 10.1. The van der Waals surface area contributed by atoms with Crippen LogP contribution in [-0.4, -0.2) is 46.0 Å². The van der Waals surface area contributed by atoms with Gasteiger partial charge in [0.15, 0.2) is 0 Å². The van der Waals surface area contributed by atoms with Gasteiger partial charge in [0, 0.05) is 32.6 Å². The van der Waals surface area contributed by atoms with Gasteiger partial charge < -0.3 is 25.3 Å². The molecule has 0 unspecified atom stereocenters. The Bertz CT molecular complexity index is 537. The molecule has 1 aromatic carbocycles. The van der Waals surface area contributed by atoms with E-state index < -0.39 is 5.41 Å². The number of hydrogen-bond donors (Lipinski definition) is 2. The minimum Gasteiger partial charge on any atom is -0.490 e. The molecule has 6 nitrogen and oxygen atoms in total. The molecule has 0 spiro atoms. The smallest absolute Gasteiger partial charge is 0.232 e. The first-order valence-electron chi connectivity index (χ1n) is 7.62. The summed E-state index contributed by atoms with van der Waals surface area (Å²) in [5.41, 5.74) is 5.89. The molecule has 1 aromatic rings. The molecular formula is C16H24Cl2N2O4. The molecule has 1 fully saturated rings. The van der Waals surface area contributed by atoms with Crippen LogP contribution in [0.1, 0.15) is 12.8 Å². The molecule has 24 heavy (non-hydrogen) atoms. The predicted molar refractivity (Wildman–Crippen MR) is 96.2 cm³/mol. The van der Waals surface area contributed by atoms with Crippen molar-refractivity contribution in [2.75, 3.05) is 45.4 Å². The Kier molecular flexibility index (Phi) is 8.80. The Labute approximate surface area is 153 Å². The molecule has 8 heteroatoms. The van der Waals surface area contributed by atoms with Gasteiger partial charge in [-0.3, -0.25) is 4.79 Å². The maximum absolute atomic E-state index is 12.6. The number of nitrogens with two attached hydrogens (primary N) is 1. The van der Waals surface area contributed by atoms with Gasteiger partial charge in [-0.1, -0.05) is 11.6 Å². The van der Waals surface area contributed by atoms with Crippen molar-refractivity contribution in [2.45, 2.75) is 12.8 Å². The summed E-state index contributed by atoms with van der Waals surface area (Å²) < 4.78 is 15.7. The van der Waals surface area contributed by atoms with Gasteiger partial charge in [-0.15, -0.1) is 12.4 Å². The van der Waals surface area contributed by atoms with E-state index in [4.69, 9.17) is 31.5 Å². The topological polar surface area (TPSA) is 82.8 Å². The minimum atomic E-state index is -0.571. The second-order valence-corrected chi connectivity index (χ2v) is 5.94. The van der Waals surface area contributed by atoms with Crippen molar-refractivity contribution in [3.63, 3.8) is 0 Å². The number of amides is 1. The van der Waals surface area contributed by atoms with Crippen molar-refractivity contribution in [1.82, 2.24) is 0 Å². The summed E-state index contributed by atoms with van der Waals surface area (Å²) >= 11 is 6.18. The number of carbonyl (C=O) groups is 1. The van der Waals surface area contributed by atoms with Gasteiger partial charge in [-0.05, 0) is 31.0 Å². The summed E-state index contributed by atoms with van der Waals surface area (Å²) in [6.07, 6.45) is 1.25. The average Bonchev–Trinajstić information content (AvgIpc) is 2.57. The van der Waals surface area contributed by atoms with E-state index in [-0.39, 0.29) is 18.3 Å². The van der Waals surface area contributed by atoms with Crippen molar-refractivity contribution in [1.29, 1.82) is 0 Å². The normalized spacial score (nSPS) is 16.1. The van der Waals surface area contributed by atoms with Crippen molar-refractivity contribution in [2.24, 2.45) is 11.1 Å². The molecule has 2 rings (SSSR count). The number of ether oxygens (including phenoxy) is 3. The highest BCUT2D eigenvalue weighted by molar-refractivity contribution is 6.32. The molecule has 0 atom stereocenters. The van der Waals surface area contributed by atoms with Crippen LogP contribution in [-0.2, 0) is 14.3 Å². The standard InChI is InChI=1S/C16H23ClN2O4.ClH/c1-21-8-9-23-14-3-2-12(10-13(14)17)19-15(20)16(11-18)4-6-22-7-5-16;/h2-3,10H,4-9,11,18H2,1H3,(H,19,20);1H. The van der Waals surface area contributed by atoms with Crippen LogP contribution in [0.3, 0.4) is 0 Å². The van der Waals surface area contributed by atoms with E-state index in [0.717, 1.165) is 0 Å². The fourth-order valence-electron chi connectivity index (χ4n) is 2.48. The van der Waals surface area contributed by atoms with Crippen molar-refractivity contribution in [3.8, 4) is 5.75 Å². The van der Waals surface area contributed by atoms with Crippen LogP contribution in [0.15, 0.2) is 18.2 Å². The number of carbonyl (C=O) groups excluding carboxylic acids is 1. The largest absolute Gasteiger partial charge is 0.490 e. The van der Waals surface area contributed by atoms with Crippen LogP contribution < -0.4 is 15.8 Å². The number of halogens is 2. The third-order valence-corrected chi connectivity index (χ3v) is 4.35. The lowest BCUT2D eigenvalue weighted by atomic mass is 9.79. The number of methoxy groups -OCH3 is 1. The first-order valence-corrected chi connectivity index (χ1v) is 8.00. The molecule has 1 heterocycles. The van der Waals surface area contributed by atoms with Gasteiger partial charge in [-0.25, -0.2) is 0 Å². The van der Waals surface area contributed by atoms with Gasteiger partial charge in [-0.2, -0.15) is 0 Å². The lowest BCUT2D eigenvalue weighted by molar-refractivity contribution is -0.130. The summed E-state index contributed by atoms with van der Waals surface area (Å²) in [6.45, 7) is 2.30. The number of hydrogen-bond acceptors (Lipinski definition) is 5. The summed E-state index contributed by atoms with van der Waals surface area (Å²) in [7, 11) is 1.60. The lowest BCUT2D eigenvalue weighted by Gasteiger charge is -2.34. The fraction of sp³-hybridized carbons (Fsp3) is 0.562. The van der Waals surface area contributed by atoms with E-state index in [1.54, 1.807) is 25.3 Å². The summed E-state index contributed by atoms with van der Waals surface area (Å²) in [5, 5.41) is 3.34. The van der Waals surface area contributed by atoms with E-state index in [9.17, 15) is 4.79 Å². The maximum Gasteiger partial charge on any atom is 0.232 e. The van der Waals surface area contributed by atoms with Gasteiger partial charge in [0.2, 0.25) is 5.91 Å². The molecule has 0 aromatic heterocycles. The van der Waals surface area contributed by atoms with E-state index >= 15 is 0 Å². The Morgan fingerprint density at radius 2 is 2.08 bits per heavy atom. The zero-order valence-electron chi connectivity index (χ0n) is 13.7. The molecule has 0 radical (unpaired) electrons. The fourth-order valence-corrected chi connectivity index (χ4v) is 2.72. The van der Waals surface area contributed by atoms with Crippen molar-refractivity contribution in [3.05, 3.63) is 23.2 Å². The molecule has 0 bridgehead atoms. The maximum atomic E-state index is 12.6. The number of anilines is 1. The number of nitrogens with one attached hydrogen (secondary N) is 1. The minimum absolute atomic E-state index is 0. The van der Waals surface area contributed by atoms with Crippen molar-refractivity contribution >= 4 is 35.6 Å². The molecular weight excluding hydrogens is 355 g/mol. The van der Waals surface area contributed by atoms with E-state index in [1.807, 2.05) is 0 Å². The highest BCUT2D eigenvalue weighted by Crippen LogP contribution is 2.32. The van der Waals surface area contributed by atoms with Crippen LogP contribution in [0.25, 0.3) is 0 Å². The molecule has 3 N–H and O–H groups in total. The monoisotopic (exact) mass is 378 g/mol. The first-order chi connectivity index (χ1) is 11.1. The van der Waals surface area contributed by atoms with Gasteiger partial charge >= 0.3 is 0 Å². The SMILES string of the molecule is COCCOc1ccc(NC(=O)C2(CN)CCOCC2)cc1Cl.Cl. The molecule has 1 aliphatic heterocycles. The Hall–Kier alpha value is -1.05. The number of rotatable bonds is 7. The molecule has 1 saturated heterocycles. The van der Waals surface area contributed by atoms with Crippen LogP contribution >= 0.6 is 24.0 Å². The van der Waals surface area contributed by atoms with E-state index in [2.05, 4.69) is 5.32 Å². The highest BCUT2D eigenvalue weighted by atomic mass is 35.5. The molecule has 0 saturated carbocycles. The van der Waals surface area contributed by atoms with E-state index in [0.29, 0.717) is 62.3 Å². The third kappa shape index (κ3) is 5.22. The average molecular weight is 379 g/mol. The predicted octanol–water partition coefficient (Wildman–Crippen LogP) is 2.48. The molecule has 1 amide bonds. The first kappa shape index (κ1) is 21.0. The van der Waals surface area contributed by atoms with Gasteiger partial charge in [0.1, 0.15) is 12.4 Å². The van der Waals surface area contributed by atoms with Crippen LogP contribution in [0.2, 0.25) is 5.02 Å². The van der Waals surface area contributed by atoms with Crippen molar-refractivity contribution < 1.29 is 19.0 Å². The summed E-state index contributed by atoms with van der Waals surface area (Å²) in [5.74, 6) is 0.466. The zero-order chi connectivity index (χ0) is 16.7. The molecule has 0 aliphatic carbocycles. The molecule has 1 aliphatic rings. The highest BCUT2D eigenvalue weighted by Gasteiger charge is 2.38. The van der Waals surface area contributed by atoms with Crippen LogP contribution in [0.4, 0.5) is 5.69 Å². The summed E-state index contributed by atoms with van der Waals surface area (Å²) in [4.78, 5) is 12.6. The quantitative estimate of drug-likeness (QED) is 0.712. The summed E-state index contributed by atoms with van der Waals surface area (Å²) in [6, 6.07) is 5.16. The second-order valence-electron chi connectivity index (χ2n) is 5.54. The van der Waals surface area contributed by atoms with E-state index in [1.165, 1.54) is 0 Å². The Morgan fingerprint density at radius 3 is 2.67 bits per heavy atom. The van der Waals surface area contributed by atoms with Crippen LogP contribution in [0.5, 0.6) is 5.75 Å².